The number of ether oxygens (including phenoxy) is 1. The van der Waals surface area contributed by atoms with E-state index in [4.69, 9.17) is 4.74 Å². The molecule has 1 aliphatic heterocycles. The van der Waals surface area contributed by atoms with E-state index in [1.165, 1.54) is 17.0 Å². The number of hydrogen-bond donors (Lipinski definition) is 1. The fourth-order valence-corrected chi connectivity index (χ4v) is 2.65. The molecule has 0 saturated carbocycles. The van der Waals surface area contributed by atoms with Gasteiger partial charge >= 0.3 is 17.8 Å². The SMILES string of the molecule is CCOC(=O)C1CCCN(C(=O)C(=O)NCc2ccccc2F)C1. The van der Waals surface area contributed by atoms with Crippen molar-refractivity contribution in [2.24, 2.45) is 5.92 Å². The van der Waals surface area contributed by atoms with Crippen molar-refractivity contribution in [3.8, 4) is 0 Å². The van der Waals surface area contributed by atoms with Crippen LogP contribution in [0, 0.1) is 11.7 Å². The number of esters is 1. The van der Waals surface area contributed by atoms with Crippen LogP contribution < -0.4 is 5.32 Å². The minimum atomic E-state index is -0.803. The van der Waals surface area contributed by atoms with Gasteiger partial charge in [-0.25, -0.2) is 4.39 Å². The van der Waals surface area contributed by atoms with Crippen LogP contribution in [0.5, 0.6) is 0 Å². The number of amides is 2. The van der Waals surface area contributed by atoms with E-state index >= 15 is 0 Å². The number of likely N-dealkylation sites (tertiary alicyclic amines) is 1. The first-order valence-electron chi connectivity index (χ1n) is 8.00. The van der Waals surface area contributed by atoms with Crippen LogP contribution in [0.15, 0.2) is 24.3 Å². The van der Waals surface area contributed by atoms with Gasteiger partial charge in [0.2, 0.25) is 0 Å². The molecule has 1 heterocycles. The Labute approximate surface area is 140 Å². The predicted octanol–water partition coefficient (Wildman–Crippen LogP) is 1.24. The Morgan fingerprint density at radius 1 is 1.33 bits per heavy atom. The molecule has 130 valence electrons. The second-order valence-corrected chi connectivity index (χ2v) is 5.62. The Morgan fingerprint density at radius 2 is 2.08 bits per heavy atom. The molecule has 2 rings (SSSR count). The van der Waals surface area contributed by atoms with E-state index in [1.807, 2.05) is 0 Å². The maximum absolute atomic E-state index is 13.5. The van der Waals surface area contributed by atoms with Crippen molar-refractivity contribution < 1.29 is 23.5 Å². The Hall–Kier alpha value is -2.44. The number of nitrogens with zero attached hydrogens (tertiary/aromatic N) is 1. The van der Waals surface area contributed by atoms with Gasteiger partial charge in [-0.1, -0.05) is 18.2 Å². The van der Waals surface area contributed by atoms with Gasteiger partial charge in [-0.05, 0) is 25.8 Å². The second-order valence-electron chi connectivity index (χ2n) is 5.62. The van der Waals surface area contributed by atoms with E-state index in [1.54, 1.807) is 19.1 Å². The van der Waals surface area contributed by atoms with E-state index in [2.05, 4.69) is 5.32 Å². The van der Waals surface area contributed by atoms with Crippen LogP contribution in [0.25, 0.3) is 0 Å². The summed E-state index contributed by atoms with van der Waals surface area (Å²) < 4.78 is 18.5. The Bertz CT molecular complexity index is 620. The standard InChI is InChI=1S/C17H21FN2O4/c1-2-24-17(23)13-7-5-9-20(11-13)16(22)15(21)19-10-12-6-3-4-8-14(12)18/h3-4,6,8,13H,2,5,7,9-11H2,1H3,(H,19,21). The summed E-state index contributed by atoms with van der Waals surface area (Å²) in [5.74, 6) is -2.70. The molecule has 0 aromatic heterocycles. The Morgan fingerprint density at radius 3 is 2.79 bits per heavy atom. The van der Waals surface area contributed by atoms with Gasteiger partial charge in [0, 0.05) is 25.2 Å². The fraction of sp³-hybridized carbons (Fsp3) is 0.471. The van der Waals surface area contributed by atoms with Crippen molar-refractivity contribution >= 4 is 17.8 Å². The molecule has 0 aliphatic carbocycles. The lowest BCUT2D eigenvalue weighted by atomic mass is 9.98. The summed E-state index contributed by atoms with van der Waals surface area (Å²) >= 11 is 0. The molecule has 0 bridgehead atoms. The molecule has 1 unspecified atom stereocenters. The molecule has 2 amide bonds. The van der Waals surface area contributed by atoms with Gasteiger partial charge in [-0.2, -0.15) is 0 Å². The Kier molecular flexibility index (Phi) is 6.28. The highest BCUT2D eigenvalue weighted by Gasteiger charge is 2.31. The lowest BCUT2D eigenvalue weighted by Crippen LogP contribution is -2.48. The largest absolute Gasteiger partial charge is 0.466 e. The molecule has 1 aliphatic rings. The third-order valence-corrected chi connectivity index (χ3v) is 3.92. The fourth-order valence-electron chi connectivity index (χ4n) is 2.65. The molecule has 6 nitrogen and oxygen atoms in total. The number of benzene rings is 1. The zero-order valence-electron chi connectivity index (χ0n) is 13.6. The first-order valence-corrected chi connectivity index (χ1v) is 8.00. The van der Waals surface area contributed by atoms with Crippen molar-refractivity contribution in [2.75, 3.05) is 19.7 Å². The highest BCUT2D eigenvalue weighted by atomic mass is 19.1. The van der Waals surface area contributed by atoms with Crippen molar-refractivity contribution in [2.45, 2.75) is 26.3 Å². The lowest BCUT2D eigenvalue weighted by molar-refractivity contribution is -0.154. The third kappa shape index (κ3) is 4.53. The molecule has 0 spiro atoms. The molecule has 24 heavy (non-hydrogen) atoms. The van der Waals surface area contributed by atoms with Crippen LogP contribution in [0.3, 0.4) is 0 Å². The number of rotatable bonds is 4. The molecular formula is C17H21FN2O4. The minimum Gasteiger partial charge on any atom is -0.466 e. The maximum atomic E-state index is 13.5. The van der Waals surface area contributed by atoms with E-state index in [9.17, 15) is 18.8 Å². The number of carbonyl (C=O) groups is 3. The molecular weight excluding hydrogens is 315 g/mol. The van der Waals surface area contributed by atoms with E-state index in [0.29, 0.717) is 24.9 Å². The number of halogens is 1. The minimum absolute atomic E-state index is 0.0631. The average molecular weight is 336 g/mol. The van der Waals surface area contributed by atoms with E-state index in [0.717, 1.165) is 0 Å². The number of hydrogen-bond acceptors (Lipinski definition) is 4. The van der Waals surface area contributed by atoms with Gasteiger partial charge in [0.05, 0.1) is 12.5 Å². The first kappa shape index (κ1) is 17.9. The van der Waals surface area contributed by atoms with Gasteiger partial charge in [-0.3, -0.25) is 14.4 Å². The molecule has 1 atom stereocenters. The van der Waals surface area contributed by atoms with Crippen molar-refractivity contribution in [1.82, 2.24) is 10.2 Å². The number of nitrogens with one attached hydrogen (secondary N) is 1. The smallest absolute Gasteiger partial charge is 0.311 e. The highest BCUT2D eigenvalue weighted by Crippen LogP contribution is 2.18. The monoisotopic (exact) mass is 336 g/mol. The zero-order valence-corrected chi connectivity index (χ0v) is 13.6. The number of carbonyl (C=O) groups excluding carboxylic acids is 3. The quantitative estimate of drug-likeness (QED) is 0.663. The van der Waals surface area contributed by atoms with Gasteiger partial charge in [-0.15, -0.1) is 0 Å². The molecule has 1 fully saturated rings. The van der Waals surface area contributed by atoms with Gasteiger partial charge in [0.25, 0.3) is 0 Å². The second kappa shape index (κ2) is 8.42. The van der Waals surface area contributed by atoms with E-state index < -0.39 is 23.5 Å². The van der Waals surface area contributed by atoms with Gasteiger partial charge in [0.1, 0.15) is 5.82 Å². The summed E-state index contributed by atoms with van der Waals surface area (Å²) in [5.41, 5.74) is 0.307. The summed E-state index contributed by atoms with van der Waals surface area (Å²) in [6, 6.07) is 6.03. The summed E-state index contributed by atoms with van der Waals surface area (Å²) in [6.45, 7) is 2.53. The average Bonchev–Trinajstić information content (AvgIpc) is 2.60. The van der Waals surface area contributed by atoms with Crippen LogP contribution in [0.2, 0.25) is 0 Å². The lowest BCUT2D eigenvalue weighted by Gasteiger charge is -2.31. The Balaban J connectivity index is 1.89. The molecule has 1 aromatic rings. The van der Waals surface area contributed by atoms with Crippen LogP contribution in [0.1, 0.15) is 25.3 Å². The number of piperidine rings is 1. The predicted molar refractivity (Wildman–Crippen MR) is 84.2 cm³/mol. The van der Waals surface area contributed by atoms with Gasteiger partial charge < -0.3 is 15.0 Å². The molecule has 1 N–H and O–H groups in total. The van der Waals surface area contributed by atoms with Crippen LogP contribution in [-0.4, -0.2) is 42.4 Å². The van der Waals surface area contributed by atoms with Crippen molar-refractivity contribution in [3.63, 3.8) is 0 Å². The summed E-state index contributed by atoms with van der Waals surface area (Å²) in [6.07, 6.45) is 1.27. The van der Waals surface area contributed by atoms with E-state index in [-0.39, 0.29) is 25.7 Å². The molecule has 0 radical (unpaired) electrons. The zero-order chi connectivity index (χ0) is 17.5. The maximum Gasteiger partial charge on any atom is 0.311 e. The van der Waals surface area contributed by atoms with Crippen molar-refractivity contribution in [3.05, 3.63) is 35.6 Å². The topological polar surface area (TPSA) is 75.7 Å². The van der Waals surface area contributed by atoms with Crippen LogP contribution in [0.4, 0.5) is 4.39 Å². The summed E-state index contributed by atoms with van der Waals surface area (Å²) in [7, 11) is 0. The van der Waals surface area contributed by atoms with Gasteiger partial charge in [0.15, 0.2) is 0 Å². The normalized spacial score (nSPS) is 17.2. The van der Waals surface area contributed by atoms with Crippen molar-refractivity contribution in [1.29, 1.82) is 0 Å². The summed E-state index contributed by atoms with van der Waals surface area (Å²) in [5, 5.41) is 2.42. The first-order chi connectivity index (χ1) is 11.5. The highest BCUT2D eigenvalue weighted by molar-refractivity contribution is 6.35. The summed E-state index contributed by atoms with van der Waals surface area (Å²) in [4.78, 5) is 37.3. The molecule has 1 aromatic carbocycles. The third-order valence-electron chi connectivity index (χ3n) is 3.92. The van der Waals surface area contributed by atoms with Crippen LogP contribution in [-0.2, 0) is 25.7 Å². The molecule has 1 saturated heterocycles. The molecule has 7 heteroatoms. The van der Waals surface area contributed by atoms with Crippen LogP contribution >= 0.6 is 0 Å².